The van der Waals surface area contributed by atoms with Gasteiger partial charge in [0.2, 0.25) is 5.91 Å². The van der Waals surface area contributed by atoms with Crippen molar-refractivity contribution in [2.45, 2.75) is 32.7 Å². The van der Waals surface area contributed by atoms with E-state index in [9.17, 15) is 9.59 Å². The van der Waals surface area contributed by atoms with Gasteiger partial charge in [0, 0.05) is 31.3 Å². The summed E-state index contributed by atoms with van der Waals surface area (Å²) in [6.07, 6.45) is 1.14. The largest absolute Gasteiger partial charge is 0.383 e. The van der Waals surface area contributed by atoms with Gasteiger partial charge in [-0.1, -0.05) is 55.2 Å². The fraction of sp³-hybridized carbons (Fsp3) is 0.385. The van der Waals surface area contributed by atoms with Gasteiger partial charge in [-0.2, -0.15) is 0 Å². The Morgan fingerprint density at radius 1 is 1.18 bits per heavy atom. The van der Waals surface area contributed by atoms with Gasteiger partial charge in [0.25, 0.3) is 0 Å². The van der Waals surface area contributed by atoms with Crippen LogP contribution in [0.15, 0.2) is 53.7 Å². The highest BCUT2D eigenvalue weighted by molar-refractivity contribution is 6.42. The smallest absolute Gasteiger partial charge is 0.239 e. The van der Waals surface area contributed by atoms with Crippen molar-refractivity contribution in [3.05, 3.63) is 69.3 Å². The lowest BCUT2D eigenvalue weighted by Gasteiger charge is -2.38. The number of nitrogens with one attached hydrogen (secondary N) is 2. The topological polar surface area (TPSA) is 70.7 Å². The van der Waals surface area contributed by atoms with Crippen LogP contribution in [0.5, 0.6) is 0 Å². The van der Waals surface area contributed by atoms with Gasteiger partial charge in [0.05, 0.1) is 40.6 Å². The van der Waals surface area contributed by atoms with Crippen LogP contribution in [0.3, 0.4) is 0 Å². The van der Waals surface area contributed by atoms with Gasteiger partial charge in [-0.15, -0.1) is 0 Å². The molecular formula is C26H29Cl2N3O3. The number of carbonyl (C=O) groups is 2. The monoisotopic (exact) mass is 501 g/mol. The van der Waals surface area contributed by atoms with Crippen molar-refractivity contribution in [1.29, 1.82) is 0 Å². The van der Waals surface area contributed by atoms with E-state index in [-0.39, 0.29) is 23.7 Å². The van der Waals surface area contributed by atoms with Gasteiger partial charge in [0.15, 0.2) is 5.78 Å². The molecule has 1 heterocycles. The molecule has 4 rings (SSSR count). The second kappa shape index (κ2) is 9.98. The van der Waals surface area contributed by atoms with Crippen LogP contribution in [0, 0.1) is 5.41 Å². The summed E-state index contributed by atoms with van der Waals surface area (Å²) in [7, 11) is 1.59. The highest BCUT2D eigenvalue weighted by atomic mass is 35.5. The second-order valence-electron chi connectivity index (χ2n) is 9.52. The average molecular weight is 502 g/mol. The summed E-state index contributed by atoms with van der Waals surface area (Å²) < 4.78 is 5.06. The van der Waals surface area contributed by atoms with Crippen LogP contribution in [0.4, 0.5) is 11.4 Å². The van der Waals surface area contributed by atoms with Crippen LogP contribution in [0.1, 0.15) is 38.3 Å². The van der Waals surface area contributed by atoms with Gasteiger partial charge in [-0.3, -0.25) is 9.59 Å². The summed E-state index contributed by atoms with van der Waals surface area (Å²) in [5, 5.41) is 7.27. The number of benzene rings is 2. The lowest BCUT2D eigenvalue weighted by molar-refractivity contribution is -0.121. The number of ether oxygens (including phenoxy) is 1. The molecule has 2 aliphatic rings. The van der Waals surface area contributed by atoms with E-state index in [1.807, 2.05) is 35.2 Å². The molecule has 1 atom stereocenters. The Morgan fingerprint density at radius 3 is 2.68 bits per heavy atom. The van der Waals surface area contributed by atoms with E-state index in [4.69, 9.17) is 27.9 Å². The van der Waals surface area contributed by atoms with E-state index < -0.39 is 6.04 Å². The van der Waals surface area contributed by atoms with Crippen molar-refractivity contribution >= 4 is 46.3 Å². The molecule has 0 aromatic heterocycles. The van der Waals surface area contributed by atoms with Gasteiger partial charge >= 0.3 is 0 Å². The third-order valence-corrected chi connectivity index (χ3v) is 6.94. The van der Waals surface area contributed by atoms with E-state index in [1.54, 1.807) is 19.2 Å². The van der Waals surface area contributed by atoms with Gasteiger partial charge in [-0.25, -0.2) is 0 Å². The first-order valence-corrected chi connectivity index (χ1v) is 12.1. The number of hydrogen-bond acceptors (Lipinski definition) is 5. The number of Topliss-reactive ketones (excluding diaryl/α,β-unsaturated/α-hetero) is 1. The van der Waals surface area contributed by atoms with Gasteiger partial charge in [0.1, 0.15) is 0 Å². The summed E-state index contributed by atoms with van der Waals surface area (Å²) in [5.41, 5.74) is 3.87. The third kappa shape index (κ3) is 5.09. The maximum Gasteiger partial charge on any atom is 0.239 e. The minimum atomic E-state index is -0.502. The first kappa shape index (κ1) is 24.6. The zero-order chi connectivity index (χ0) is 24.5. The van der Waals surface area contributed by atoms with Crippen molar-refractivity contribution in [2.75, 3.05) is 37.0 Å². The summed E-state index contributed by atoms with van der Waals surface area (Å²) in [4.78, 5) is 28.6. The van der Waals surface area contributed by atoms with Crippen LogP contribution in [0.25, 0.3) is 0 Å². The fourth-order valence-electron chi connectivity index (χ4n) is 4.76. The molecule has 1 amide bonds. The van der Waals surface area contributed by atoms with E-state index in [0.717, 1.165) is 22.6 Å². The van der Waals surface area contributed by atoms with Crippen LogP contribution in [-0.2, 0) is 14.3 Å². The van der Waals surface area contributed by atoms with E-state index in [1.165, 1.54) is 0 Å². The molecule has 1 aliphatic heterocycles. The van der Waals surface area contributed by atoms with E-state index >= 15 is 0 Å². The minimum Gasteiger partial charge on any atom is -0.383 e. The van der Waals surface area contributed by atoms with Crippen molar-refractivity contribution in [2.24, 2.45) is 5.41 Å². The zero-order valence-electron chi connectivity index (χ0n) is 19.6. The summed E-state index contributed by atoms with van der Waals surface area (Å²) in [6, 6.07) is 12.7. The molecule has 8 heteroatoms. The highest BCUT2D eigenvalue weighted by Gasteiger charge is 2.42. The normalized spacial score (nSPS) is 19.1. The first-order valence-electron chi connectivity index (χ1n) is 11.3. The van der Waals surface area contributed by atoms with Gasteiger partial charge < -0.3 is 20.3 Å². The summed E-state index contributed by atoms with van der Waals surface area (Å²) in [5.74, 6) is -0.100. The van der Waals surface area contributed by atoms with Crippen LogP contribution < -0.4 is 15.5 Å². The molecule has 1 aliphatic carbocycles. The molecule has 0 saturated heterocycles. The molecule has 0 bridgehead atoms. The number of para-hydroxylation sites is 2. The SMILES string of the molecule is COCCNC(=O)CN1c2ccccc2NC2=C(C(=O)CC(C)(C)C2)C1c1ccc(Cl)c(Cl)c1. The molecule has 1 unspecified atom stereocenters. The zero-order valence-corrected chi connectivity index (χ0v) is 21.1. The second-order valence-corrected chi connectivity index (χ2v) is 10.3. The maximum atomic E-state index is 13.6. The number of ketones is 1. The molecule has 2 N–H and O–H groups in total. The number of anilines is 2. The van der Waals surface area contributed by atoms with Crippen molar-refractivity contribution in [3.63, 3.8) is 0 Å². The number of fused-ring (bicyclic) bond motifs is 1. The molecule has 0 fully saturated rings. The Hall–Kier alpha value is -2.54. The Morgan fingerprint density at radius 2 is 1.94 bits per heavy atom. The predicted octanol–water partition coefficient (Wildman–Crippen LogP) is 5.37. The first-order chi connectivity index (χ1) is 16.2. The predicted molar refractivity (Wildman–Crippen MR) is 137 cm³/mol. The minimum absolute atomic E-state index is 0.0563. The molecule has 34 heavy (non-hydrogen) atoms. The third-order valence-electron chi connectivity index (χ3n) is 6.21. The molecule has 0 saturated carbocycles. The Labute approximate surface area is 210 Å². The molecule has 6 nitrogen and oxygen atoms in total. The Kier molecular flexibility index (Phi) is 7.22. The van der Waals surface area contributed by atoms with E-state index in [2.05, 4.69) is 24.5 Å². The van der Waals surface area contributed by atoms with Crippen LogP contribution in [-0.4, -0.2) is 38.5 Å². The Bertz CT molecular complexity index is 1150. The maximum absolute atomic E-state index is 13.6. The number of hydrogen-bond donors (Lipinski definition) is 2. The molecule has 0 spiro atoms. The Balaban J connectivity index is 1.88. The number of halogens is 2. The number of methoxy groups -OCH3 is 1. The molecule has 180 valence electrons. The highest BCUT2D eigenvalue weighted by Crippen LogP contribution is 2.48. The summed E-state index contributed by atoms with van der Waals surface area (Å²) >= 11 is 12.6. The molecular weight excluding hydrogens is 473 g/mol. The number of nitrogens with zero attached hydrogens (tertiary/aromatic N) is 1. The number of allylic oxidation sites excluding steroid dienone is 1. The standard InChI is InChI=1S/C26H29Cl2N3O3/c1-26(2)13-20-24(22(32)14-26)25(16-8-9-17(27)18(28)12-16)31(15-23(33)29-10-11-34-3)21-7-5-4-6-19(21)30-20/h4-9,12,25,30H,10-11,13-15H2,1-3H3,(H,29,33). The van der Waals surface area contributed by atoms with Crippen molar-refractivity contribution < 1.29 is 14.3 Å². The fourth-order valence-corrected chi connectivity index (χ4v) is 5.07. The lowest BCUT2D eigenvalue weighted by Crippen LogP contribution is -2.42. The number of carbonyl (C=O) groups excluding carboxylic acids is 2. The van der Waals surface area contributed by atoms with E-state index in [0.29, 0.717) is 41.6 Å². The van der Waals surface area contributed by atoms with Crippen molar-refractivity contribution in [1.82, 2.24) is 5.32 Å². The number of amides is 1. The number of rotatable bonds is 6. The molecule has 2 aromatic carbocycles. The summed E-state index contributed by atoms with van der Waals surface area (Å²) in [6.45, 7) is 5.08. The lowest BCUT2D eigenvalue weighted by atomic mass is 9.73. The van der Waals surface area contributed by atoms with Crippen molar-refractivity contribution in [3.8, 4) is 0 Å². The molecule has 0 radical (unpaired) electrons. The average Bonchev–Trinajstić information content (AvgIpc) is 2.90. The molecule has 2 aromatic rings. The quantitative estimate of drug-likeness (QED) is 0.520. The van der Waals surface area contributed by atoms with Crippen LogP contribution in [0.2, 0.25) is 10.0 Å². The van der Waals surface area contributed by atoms with Crippen LogP contribution >= 0.6 is 23.2 Å². The van der Waals surface area contributed by atoms with Gasteiger partial charge in [-0.05, 0) is 41.7 Å².